The normalized spacial score (nSPS) is 11.5. The summed E-state index contributed by atoms with van der Waals surface area (Å²) in [5.41, 5.74) is 17.0. The van der Waals surface area contributed by atoms with Crippen molar-refractivity contribution in [2.45, 2.75) is 20.4 Å². The Labute approximate surface area is 322 Å². The second-order valence-electron chi connectivity index (χ2n) is 14.3. The number of aromatic nitrogens is 2. The summed E-state index contributed by atoms with van der Waals surface area (Å²) in [4.78, 5) is 0. The van der Waals surface area contributed by atoms with Crippen molar-refractivity contribution < 1.29 is 0 Å². The quantitative estimate of drug-likeness (QED) is 0.156. The van der Waals surface area contributed by atoms with Crippen molar-refractivity contribution in [2.75, 3.05) is 0 Å². The van der Waals surface area contributed by atoms with E-state index in [0.29, 0.717) is 0 Å². The van der Waals surface area contributed by atoms with Gasteiger partial charge in [0.2, 0.25) is 0 Å². The average molecular weight is 705 g/mol. The molecule has 0 unspecified atom stereocenters. The van der Waals surface area contributed by atoms with Gasteiger partial charge in [0.15, 0.2) is 0 Å². The maximum absolute atomic E-state index is 2.57. The lowest BCUT2D eigenvalue weighted by atomic mass is 9.80. The molecule has 0 atom stereocenters. The zero-order chi connectivity index (χ0) is 36.9. The highest BCUT2D eigenvalue weighted by atomic mass is 15.0. The van der Waals surface area contributed by atoms with Crippen molar-refractivity contribution in [3.63, 3.8) is 0 Å². The van der Waals surface area contributed by atoms with Crippen LogP contribution in [-0.2, 0) is 6.54 Å². The first kappa shape index (κ1) is 32.7. The monoisotopic (exact) mass is 704 g/mol. The second-order valence-corrected chi connectivity index (χ2v) is 14.3. The lowest BCUT2D eigenvalue weighted by Gasteiger charge is -2.22. The largest absolute Gasteiger partial charge is 0.341 e. The number of aryl methyl sites for hydroxylation is 2. The molecule has 2 heteroatoms. The molecular weight excluding hydrogens is 665 g/mol. The van der Waals surface area contributed by atoms with Gasteiger partial charge in [0.1, 0.15) is 0 Å². The molecule has 0 saturated heterocycles. The van der Waals surface area contributed by atoms with Crippen molar-refractivity contribution in [2.24, 2.45) is 0 Å². The molecule has 8 aromatic carbocycles. The SMILES string of the molecule is CCn1c2ccccc2c2cc(-n3c(-c4ccccc4)c4c(C)c(-c5ccccc5)c(-c5ccccc5)c(-c5ccccc5)c4c3-c3ccccc3)ccc21. The summed E-state index contributed by atoms with van der Waals surface area (Å²) in [6.45, 7) is 5.49. The van der Waals surface area contributed by atoms with Gasteiger partial charge in [-0.2, -0.15) is 0 Å². The van der Waals surface area contributed by atoms with E-state index in [4.69, 9.17) is 0 Å². The van der Waals surface area contributed by atoms with E-state index in [-0.39, 0.29) is 0 Å². The van der Waals surface area contributed by atoms with Crippen LogP contribution in [0.2, 0.25) is 0 Å². The van der Waals surface area contributed by atoms with E-state index in [1.54, 1.807) is 0 Å². The second kappa shape index (κ2) is 13.5. The van der Waals surface area contributed by atoms with Crippen LogP contribution in [0.15, 0.2) is 194 Å². The van der Waals surface area contributed by atoms with Crippen LogP contribution in [0.25, 0.3) is 94.2 Å². The Kier molecular flexibility index (Phi) is 8.03. The summed E-state index contributed by atoms with van der Waals surface area (Å²) in [6.07, 6.45) is 0. The lowest BCUT2D eigenvalue weighted by Crippen LogP contribution is -2.00. The highest BCUT2D eigenvalue weighted by molar-refractivity contribution is 6.21. The number of rotatable bonds is 7. The molecule has 0 radical (unpaired) electrons. The minimum atomic E-state index is 0.908. The molecule has 10 rings (SSSR count). The summed E-state index contributed by atoms with van der Waals surface area (Å²) >= 11 is 0. The average Bonchev–Trinajstić information content (AvgIpc) is 3.78. The summed E-state index contributed by atoms with van der Waals surface area (Å²) in [7, 11) is 0. The van der Waals surface area contributed by atoms with E-state index >= 15 is 0 Å². The van der Waals surface area contributed by atoms with Gasteiger partial charge in [-0.1, -0.05) is 170 Å². The predicted molar refractivity (Wildman–Crippen MR) is 234 cm³/mol. The number of nitrogens with zero attached hydrogens (tertiary/aromatic N) is 2. The zero-order valence-corrected chi connectivity index (χ0v) is 31.1. The standard InChI is InChI=1S/C53H40N2/c1-3-54-45-32-20-19-31-43(45)44-35-42(33-34-46(44)54)55-52(40-27-15-7-16-28-40)48-36(2)47(37-21-9-4-10-22-37)49(38-23-11-5-12-24-38)50(39-25-13-6-14-26-39)51(48)53(55)41-29-17-8-18-30-41/h4-35H,3H2,1-2H3. The van der Waals surface area contributed by atoms with E-state index in [0.717, 1.165) is 12.2 Å². The van der Waals surface area contributed by atoms with Crippen molar-refractivity contribution in [1.29, 1.82) is 0 Å². The van der Waals surface area contributed by atoms with Crippen LogP contribution in [0.4, 0.5) is 0 Å². The fourth-order valence-corrected chi connectivity index (χ4v) is 9.01. The Morgan fingerprint density at radius 1 is 0.382 bits per heavy atom. The zero-order valence-electron chi connectivity index (χ0n) is 31.1. The molecule has 0 fully saturated rings. The number of fused-ring (bicyclic) bond motifs is 4. The predicted octanol–water partition coefficient (Wildman–Crippen LogP) is 14.4. The molecule has 2 nitrogen and oxygen atoms in total. The molecule has 0 aliphatic carbocycles. The molecule has 0 N–H and O–H groups in total. The van der Waals surface area contributed by atoms with Gasteiger partial charge in [-0.3, -0.25) is 0 Å². The Morgan fingerprint density at radius 3 is 1.36 bits per heavy atom. The Morgan fingerprint density at radius 2 is 0.818 bits per heavy atom. The third kappa shape index (κ3) is 5.25. The van der Waals surface area contributed by atoms with E-state index in [1.165, 1.54) is 94.0 Å². The number of benzene rings is 8. The summed E-state index contributed by atoms with van der Waals surface area (Å²) in [5, 5.41) is 5.06. The molecule has 0 amide bonds. The van der Waals surface area contributed by atoms with Gasteiger partial charge in [-0.05, 0) is 82.6 Å². The van der Waals surface area contributed by atoms with Crippen LogP contribution in [0, 0.1) is 6.92 Å². The molecule has 0 spiro atoms. The minimum Gasteiger partial charge on any atom is -0.341 e. The van der Waals surface area contributed by atoms with Gasteiger partial charge in [-0.15, -0.1) is 0 Å². The molecule has 262 valence electrons. The smallest absolute Gasteiger partial charge is 0.0620 e. The molecule has 0 bridgehead atoms. The highest BCUT2D eigenvalue weighted by Gasteiger charge is 2.30. The Bertz CT molecular complexity index is 2970. The van der Waals surface area contributed by atoms with Gasteiger partial charge < -0.3 is 9.13 Å². The maximum atomic E-state index is 2.57. The fourth-order valence-electron chi connectivity index (χ4n) is 9.01. The van der Waals surface area contributed by atoms with Gasteiger partial charge >= 0.3 is 0 Å². The van der Waals surface area contributed by atoms with Crippen LogP contribution in [-0.4, -0.2) is 9.13 Å². The number of hydrogen-bond donors (Lipinski definition) is 0. The molecule has 2 aromatic heterocycles. The number of para-hydroxylation sites is 1. The molecule has 0 aliphatic rings. The first-order valence-corrected chi connectivity index (χ1v) is 19.3. The maximum Gasteiger partial charge on any atom is 0.0620 e. The summed E-state index contributed by atoms with van der Waals surface area (Å²) < 4.78 is 5.00. The molecule has 0 aliphatic heterocycles. The first-order valence-electron chi connectivity index (χ1n) is 19.3. The molecular formula is C53H40N2. The Balaban J connectivity index is 1.49. The highest BCUT2D eigenvalue weighted by Crippen LogP contribution is 2.54. The van der Waals surface area contributed by atoms with Gasteiger partial charge in [0.05, 0.1) is 11.4 Å². The topological polar surface area (TPSA) is 9.86 Å². The van der Waals surface area contributed by atoms with E-state index in [2.05, 4.69) is 217 Å². The van der Waals surface area contributed by atoms with Crippen molar-refractivity contribution in [1.82, 2.24) is 9.13 Å². The van der Waals surface area contributed by atoms with Gasteiger partial charge in [0, 0.05) is 50.4 Å². The fraction of sp³-hybridized carbons (Fsp3) is 0.0566. The van der Waals surface area contributed by atoms with Crippen LogP contribution in [0.1, 0.15) is 12.5 Å². The van der Waals surface area contributed by atoms with Crippen molar-refractivity contribution in [3.8, 4) is 61.6 Å². The van der Waals surface area contributed by atoms with E-state index in [1.807, 2.05) is 0 Å². The van der Waals surface area contributed by atoms with Crippen LogP contribution < -0.4 is 0 Å². The third-order valence-electron chi connectivity index (χ3n) is 11.3. The van der Waals surface area contributed by atoms with Crippen LogP contribution in [0.3, 0.4) is 0 Å². The van der Waals surface area contributed by atoms with Crippen LogP contribution in [0.5, 0.6) is 0 Å². The number of hydrogen-bond acceptors (Lipinski definition) is 0. The summed E-state index contributed by atoms with van der Waals surface area (Å²) in [5.74, 6) is 0. The first-order chi connectivity index (χ1) is 27.2. The Hall–Kier alpha value is -6.90. The van der Waals surface area contributed by atoms with E-state index in [9.17, 15) is 0 Å². The van der Waals surface area contributed by atoms with Crippen LogP contribution >= 0.6 is 0 Å². The molecule has 2 heterocycles. The minimum absolute atomic E-state index is 0.908. The van der Waals surface area contributed by atoms with Crippen molar-refractivity contribution >= 4 is 32.6 Å². The van der Waals surface area contributed by atoms with Gasteiger partial charge in [0.25, 0.3) is 0 Å². The molecule has 10 aromatic rings. The molecule has 55 heavy (non-hydrogen) atoms. The van der Waals surface area contributed by atoms with E-state index < -0.39 is 0 Å². The van der Waals surface area contributed by atoms with Gasteiger partial charge in [-0.25, -0.2) is 0 Å². The molecule has 0 saturated carbocycles. The third-order valence-corrected chi connectivity index (χ3v) is 11.3. The van der Waals surface area contributed by atoms with Crippen molar-refractivity contribution in [3.05, 3.63) is 200 Å². The summed E-state index contributed by atoms with van der Waals surface area (Å²) in [6, 6.07) is 70.9. The lowest BCUT2D eigenvalue weighted by molar-refractivity contribution is 0.827.